The number of anilines is 2. The smallest absolute Gasteiger partial charge is 0.282 e. The molecule has 8 heteroatoms. The Balaban J connectivity index is 1.93. The number of nitrogens with two attached hydrogens (primary N) is 1. The van der Waals surface area contributed by atoms with Crippen molar-refractivity contribution in [1.82, 2.24) is 0 Å². The van der Waals surface area contributed by atoms with E-state index in [2.05, 4.69) is 10.6 Å². The number of carbonyl (C=O) groups is 3. The van der Waals surface area contributed by atoms with Crippen LogP contribution < -0.4 is 26.0 Å². The average Bonchev–Trinajstić information content (AvgIpc) is 2.72. The monoisotopic (exact) mass is 399 g/mol. The molecule has 0 saturated carbocycles. The normalized spacial score (nSPS) is 12.5. The van der Waals surface area contributed by atoms with Crippen LogP contribution in [0.25, 0.3) is 0 Å². The van der Waals surface area contributed by atoms with Crippen LogP contribution in [0.5, 0.6) is 5.75 Å². The van der Waals surface area contributed by atoms with Gasteiger partial charge in [-0.3, -0.25) is 14.4 Å². The van der Waals surface area contributed by atoms with Crippen molar-refractivity contribution in [1.29, 1.82) is 0 Å². The van der Waals surface area contributed by atoms with Gasteiger partial charge in [-0.2, -0.15) is 0 Å². The van der Waals surface area contributed by atoms with Gasteiger partial charge in [0.25, 0.3) is 11.8 Å². The first-order chi connectivity index (χ1) is 13.8. The minimum atomic E-state index is -0.527. The molecule has 0 fully saturated rings. The molecule has 0 saturated heterocycles. The Morgan fingerprint density at radius 3 is 2.07 bits per heavy atom. The van der Waals surface area contributed by atoms with Crippen LogP contribution in [0.15, 0.2) is 48.5 Å². The van der Waals surface area contributed by atoms with Gasteiger partial charge in [-0.25, -0.2) is 0 Å². The third kappa shape index (κ3) is 6.32. The molecule has 8 nitrogen and oxygen atoms in total. The predicted molar refractivity (Wildman–Crippen MR) is 111 cm³/mol. The van der Waals surface area contributed by atoms with E-state index < -0.39 is 11.9 Å². The van der Waals surface area contributed by atoms with E-state index in [1.165, 1.54) is 0 Å². The Morgan fingerprint density at radius 1 is 1.00 bits per heavy atom. The number of nitrogens with one attached hydrogen (secondary N) is 3. The van der Waals surface area contributed by atoms with Gasteiger partial charge in [0.2, 0.25) is 5.91 Å². The van der Waals surface area contributed by atoms with Crippen molar-refractivity contribution in [3.63, 3.8) is 0 Å². The molecule has 29 heavy (non-hydrogen) atoms. The van der Waals surface area contributed by atoms with Gasteiger partial charge in [-0.1, -0.05) is 0 Å². The third-order valence-corrected chi connectivity index (χ3v) is 4.66. The maximum Gasteiger partial charge on any atom is 0.282 e. The van der Waals surface area contributed by atoms with Crippen LogP contribution in [0.2, 0.25) is 0 Å². The van der Waals surface area contributed by atoms with Crippen LogP contribution in [0.4, 0.5) is 11.4 Å². The summed E-state index contributed by atoms with van der Waals surface area (Å²) in [6.07, 6.45) is 0. The zero-order valence-corrected chi connectivity index (χ0v) is 16.8. The van der Waals surface area contributed by atoms with E-state index >= 15 is 0 Å². The van der Waals surface area contributed by atoms with Crippen LogP contribution in [-0.4, -0.2) is 44.0 Å². The van der Waals surface area contributed by atoms with Crippen LogP contribution >= 0.6 is 0 Å². The Hall–Kier alpha value is -3.39. The number of ether oxygens (including phenoxy) is 1. The summed E-state index contributed by atoms with van der Waals surface area (Å²) in [4.78, 5) is 36.9. The van der Waals surface area contributed by atoms with E-state index in [0.717, 1.165) is 4.90 Å². The molecule has 0 aliphatic heterocycles. The molecule has 154 valence electrons. The standard InChI is InChI=1S/C21H26N4O4/c1-4-25(13-19(26)23-16-9-11-18(29-3)12-10-16)14(2)21(28)24-17-7-5-15(6-8-17)20(22)27/h5-12,14H,4,13H2,1-3H3,(H2,22,27)(H,23,26)(H,24,28)/p+1/t14-/m0/s1. The molecule has 0 bridgehead atoms. The number of primary amides is 1. The van der Waals surface area contributed by atoms with Crippen molar-refractivity contribution in [3.8, 4) is 5.75 Å². The van der Waals surface area contributed by atoms with Gasteiger partial charge in [-0.05, 0) is 62.4 Å². The summed E-state index contributed by atoms with van der Waals surface area (Å²) in [5.41, 5.74) is 6.81. The van der Waals surface area contributed by atoms with Gasteiger partial charge in [0, 0.05) is 16.9 Å². The molecule has 0 spiro atoms. The highest BCUT2D eigenvalue weighted by Crippen LogP contribution is 2.14. The molecular formula is C21H27N4O4+. The number of methoxy groups -OCH3 is 1. The maximum absolute atomic E-state index is 12.6. The molecule has 2 aromatic carbocycles. The second-order valence-electron chi connectivity index (χ2n) is 6.62. The summed E-state index contributed by atoms with van der Waals surface area (Å²) in [5.74, 6) is -0.220. The van der Waals surface area contributed by atoms with E-state index in [1.54, 1.807) is 62.6 Å². The van der Waals surface area contributed by atoms with Crippen LogP contribution in [0, 0.1) is 0 Å². The molecule has 0 radical (unpaired) electrons. The van der Waals surface area contributed by atoms with Crippen LogP contribution in [0.1, 0.15) is 24.2 Å². The highest BCUT2D eigenvalue weighted by Gasteiger charge is 2.26. The lowest BCUT2D eigenvalue weighted by molar-refractivity contribution is -0.904. The fraction of sp³-hybridized carbons (Fsp3) is 0.286. The second-order valence-corrected chi connectivity index (χ2v) is 6.62. The minimum Gasteiger partial charge on any atom is -0.497 e. The Morgan fingerprint density at radius 2 is 1.55 bits per heavy atom. The maximum atomic E-state index is 12.6. The van der Waals surface area contributed by atoms with Gasteiger partial charge >= 0.3 is 0 Å². The molecular weight excluding hydrogens is 372 g/mol. The Labute approximate surface area is 170 Å². The summed E-state index contributed by atoms with van der Waals surface area (Å²) in [6, 6.07) is 12.9. The molecule has 0 aliphatic carbocycles. The quantitative estimate of drug-likeness (QED) is 0.496. The van der Waals surface area contributed by atoms with Gasteiger partial charge in [-0.15, -0.1) is 0 Å². The first kappa shape index (κ1) is 21.9. The molecule has 0 aliphatic rings. The fourth-order valence-electron chi connectivity index (χ4n) is 2.82. The molecule has 5 N–H and O–H groups in total. The first-order valence-electron chi connectivity index (χ1n) is 9.33. The van der Waals surface area contributed by atoms with Gasteiger partial charge < -0.3 is 26.0 Å². The van der Waals surface area contributed by atoms with Crippen molar-refractivity contribution >= 4 is 29.1 Å². The molecule has 1 unspecified atom stereocenters. The lowest BCUT2D eigenvalue weighted by atomic mass is 10.2. The number of amides is 3. The first-order valence-corrected chi connectivity index (χ1v) is 9.33. The summed E-state index contributed by atoms with van der Waals surface area (Å²) in [5, 5.41) is 5.63. The molecule has 2 aromatic rings. The van der Waals surface area contributed by atoms with Crippen molar-refractivity contribution in [2.24, 2.45) is 5.73 Å². The molecule has 0 heterocycles. The average molecular weight is 399 g/mol. The van der Waals surface area contributed by atoms with E-state index in [9.17, 15) is 14.4 Å². The SMILES string of the molecule is CC[NH+](CC(=O)Nc1ccc(OC)cc1)[C@@H](C)C(=O)Nc1ccc(C(N)=O)cc1. The van der Waals surface area contributed by atoms with Gasteiger partial charge in [0.1, 0.15) is 5.75 Å². The van der Waals surface area contributed by atoms with E-state index in [0.29, 0.717) is 29.2 Å². The van der Waals surface area contributed by atoms with Crippen molar-refractivity contribution in [3.05, 3.63) is 54.1 Å². The number of hydrogen-bond acceptors (Lipinski definition) is 4. The summed E-state index contributed by atoms with van der Waals surface area (Å²) >= 11 is 0. The Bertz CT molecular complexity index is 850. The van der Waals surface area contributed by atoms with E-state index in [1.807, 2.05) is 6.92 Å². The summed E-state index contributed by atoms with van der Waals surface area (Å²) < 4.78 is 5.10. The largest absolute Gasteiger partial charge is 0.497 e. The third-order valence-electron chi connectivity index (χ3n) is 4.66. The number of quaternary nitrogens is 1. The number of rotatable bonds is 9. The molecule has 2 rings (SSSR count). The lowest BCUT2D eigenvalue weighted by Gasteiger charge is -2.23. The van der Waals surface area contributed by atoms with Crippen LogP contribution in [0.3, 0.4) is 0 Å². The summed E-state index contributed by atoms with van der Waals surface area (Å²) in [6.45, 7) is 4.44. The molecule has 3 amide bonds. The molecule has 0 aromatic heterocycles. The second kappa shape index (κ2) is 10.2. The Kier molecular flexibility index (Phi) is 7.73. The van der Waals surface area contributed by atoms with E-state index in [4.69, 9.17) is 10.5 Å². The van der Waals surface area contributed by atoms with Crippen LogP contribution in [-0.2, 0) is 9.59 Å². The highest BCUT2D eigenvalue weighted by atomic mass is 16.5. The fourth-order valence-corrected chi connectivity index (χ4v) is 2.82. The number of hydrogen-bond donors (Lipinski definition) is 4. The number of carbonyl (C=O) groups excluding carboxylic acids is 3. The van der Waals surface area contributed by atoms with Crippen molar-refractivity contribution in [2.45, 2.75) is 19.9 Å². The van der Waals surface area contributed by atoms with Gasteiger partial charge in [0.15, 0.2) is 12.6 Å². The number of likely N-dealkylation sites (N-methyl/N-ethyl adjacent to an activating group) is 1. The topological polar surface area (TPSA) is 115 Å². The summed E-state index contributed by atoms with van der Waals surface area (Å²) in [7, 11) is 1.58. The lowest BCUT2D eigenvalue weighted by Crippen LogP contribution is -3.17. The molecule has 2 atom stereocenters. The zero-order valence-electron chi connectivity index (χ0n) is 16.8. The van der Waals surface area contributed by atoms with Gasteiger partial charge in [0.05, 0.1) is 13.7 Å². The number of benzene rings is 2. The minimum absolute atomic E-state index is 0.151. The van der Waals surface area contributed by atoms with Crippen molar-refractivity contribution < 1.29 is 24.0 Å². The van der Waals surface area contributed by atoms with E-state index in [-0.39, 0.29) is 18.4 Å². The van der Waals surface area contributed by atoms with Crippen molar-refractivity contribution in [2.75, 3.05) is 30.8 Å². The zero-order chi connectivity index (χ0) is 21.4. The predicted octanol–water partition coefficient (Wildman–Crippen LogP) is 0.665. The highest BCUT2D eigenvalue weighted by molar-refractivity contribution is 5.96.